The summed E-state index contributed by atoms with van der Waals surface area (Å²) in [6.07, 6.45) is 24.4. The fourth-order valence-electron chi connectivity index (χ4n) is 3.89. The highest BCUT2D eigenvalue weighted by atomic mass is 15.0. The van der Waals surface area contributed by atoms with E-state index in [0.717, 1.165) is 19.1 Å². The molecule has 0 amide bonds. The highest BCUT2D eigenvalue weighted by Crippen LogP contribution is 2.17. The van der Waals surface area contributed by atoms with Crippen molar-refractivity contribution in [2.45, 2.75) is 122 Å². The van der Waals surface area contributed by atoms with E-state index in [1.54, 1.807) is 0 Å². The van der Waals surface area contributed by atoms with E-state index >= 15 is 0 Å². The minimum atomic E-state index is 0.812. The molecule has 0 heterocycles. The maximum atomic E-state index is 3.71. The number of hydrogen-bond acceptors (Lipinski definition) is 2. The van der Waals surface area contributed by atoms with Gasteiger partial charge in [0, 0.05) is 19.1 Å². The van der Waals surface area contributed by atoms with Gasteiger partial charge in [0.2, 0.25) is 0 Å². The van der Waals surface area contributed by atoms with Gasteiger partial charge in [-0.15, -0.1) is 0 Å². The van der Waals surface area contributed by atoms with Gasteiger partial charge in [-0.3, -0.25) is 0 Å². The molecule has 1 aliphatic carbocycles. The Morgan fingerprint density at radius 1 is 0.583 bits per heavy atom. The van der Waals surface area contributed by atoms with E-state index in [4.69, 9.17) is 0 Å². The van der Waals surface area contributed by atoms with Crippen molar-refractivity contribution in [1.29, 1.82) is 0 Å². The second kappa shape index (κ2) is 17.7. The van der Waals surface area contributed by atoms with Crippen LogP contribution < -0.4 is 10.6 Å². The molecule has 2 heteroatoms. The van der Waals surface area contributed by atoms with E-state index in [9.17, 15) is 0 Å². The van der Waals surface area contributed by atoms with Gasteiger partial charge >= 0.3 is 0 Å². The molecule has 1 fully saturated rings. The van der Waals surface area contributed by atoms with Gasteiger partial charge in [-0.1, -0.05) is 96.8 Å². The predicted octanol–water partition coefficient (Wildman–Crippen LogP) is 6.20. The molecule has 0 aliphatic heterocycles. The molecule has 0 spiro atoms. The first-order valence-electron chi connectivity index (χ1n) is 11.4. The lowest BCUT2D eigenvalue weighted by Crippen LogP contribution is -2.36. The Bertz CT molecular complexity index is 236. The molecule has 1 saturated carbocycles. The topological polar surface area (TPSA) is 24.1 Å². The molecule has 0 atom stereocenters. The van der Waals surface area contributed by atoms with Gasteiger partial charge in [0.05, 0.1) is 0 Å². The first-order valence-corrected chi connectivity index (χ1v) is 11.4. The van der Waals surface area contributed by atoms with Crippen molar-refractivity contribution in [2.24, 2.45) is 0 Å². The van der Waals surface area contributed by atoms with Crippen LogP contribution in [0.1, 0.15) is 116 Å². The lowest BCUT2D eigenvalue weighted by molar-refractivity contribution is 0.372. The highest BCUT2D eigenvalue weighted by molar-refractivity contribution is 4.71. The van der Waals surface area contributed by atoms with Gasteiger partial charge in [-0.05, 0) is 25.8 Å². The normalized spacial score (nSPS) is 15.9. The van der Waals surface area contributed by atoms with Gasteiger partial charge in [0.1, 0.15) is 0 Å². The molecule has 0 unspecified atom stereocenters. The second-order valence-corrected chi connectivity index (χ2v) is 7.93. The fourth-order valence-corrected chi connectivity index (χ4v) is 3.89. The third kappa shape index (κ3) is 14.3. The lowest BCUT2D eigenvalue weighted by atomic mass is 9.95. The van der Waals surface area contributed by atoms with Crippen LogP contribution in [-0.2, 0) is 0 Å². The molecule has 0 radical (unpaired) electrons. The fraction of sp³-hybridized carbons (Fsp3) is 1.00. The van der Waals surface area contributed by atoms with Crippen LogP contribution in [-0.4, -0.2) is 25.7 Å². The molecule has 1 rings (SSSR count). The van der Waals surface area contributed by atoms with Crippen molar-refractivity contribution in [3.8, 4) is 0 Å². The Hall–Kier alpha value is -0.0800. The van der Waals surface area contributed by atoms with Crippen molar-refractivity contribution in [1.82, 2.24) is 10.6 Å². The molecular weight excluding hydrogens is 292 g/mol. The van der Waals surface area contributed by atoms with Crippen LogP contribution in [0.2, 0.25) is 0 Å². The van der Waals surface area contributed by atoms with E-state index < -0.39 is 0 Å². The molecule has 0 aromatic carbocycles. The van der Waals surface area contributed by atoms with Gasteiger partial charge < -0.3 is 10.6 Å². The Balaban J connectivity index is 1.66. The number of unbranched alkanes of at least 4 members (excludes halogenated alkanes) is 11. The number of nitrogens with one attached hydrogen (secondary N) is 2. The van der Waals surface area contributed by atoms with Crippen molar-refractivity contribution < 1.29 is 0 Å². The van der Waals surface area contributed by atoms with Crippen LogP contribution in [0.25, 0.3) is 0 Å². The van der Waals surface area contributed by atoms with E-state index in [1.807, 2.05) is 0 Å². The Morgan fingerprint density at radius 2 is 1.12 bits per heavy atom. The predicted molar refractivity (Wildman–Crippen MR) is 109 cm³/mol. The van der Waals surface area contributed by atoms with E-state index in [2.05, 4.69) is 17.6 Å². The summed E-state index contributed by atoms with van der Waals surface area (Å²) < 4.78 is 0. The molecule has 2 nitrogen and oxygen atoms in total. The van der Waals surface area contributed by atoms with Gasteiger partial charge in [-0.25, -0.2) is 0 Å². The van der Waals surface area contributed by atoms with Crippen LogP contribution in [0.15, 0.2) is 0 Å². The SMILES string of the molecule is CCCCCCCCCCCCCCNCCNC1CCCCC1. The minimum absolute atomic E-state index is 0.812. The third-order valence-corrected chi connectivity index (χ3v) is 5.55. The number of hydrogen-bond donors (Lipinski definition) is 2. The Kier molecular flexibility index (Phi) is 16.2. The zero-order valence-electron chi connectivity index (χ0n) is 16.7. The summed E-state index contributed by atoms with van der Waals surface area (Å²) in [5, 5.41) is 7.30. The summed E-state index contributed by atoms with van der Waals surface area (Å²) in [6.45, 7) is 5.81. The van der Waals surface area contributed by atoms with Crippen LogP contribution >= 0.6 is 0 Å². The van der Waals surface area contributed by atoms with Crippen molar-refractivity contribution in [3.63, 3.8) is 0 Å². The monoisotopic (exact) mass is 338 g/mol. The van der Waals surface area contributed by atoms with Crippen molar-refractivity contribution >= 4 is 0 Å². The summed E-state index contributed by atoms with van der Waals surface area (Å²) in [5.74, 6) is 0. The van der Waals surface area contributed by atoms with E-state index in [-0.39, 0.29) is 0 Å². The van der Waals surface area contributed by atoms with Crippen molar-refractivity contribution in [2.75, 3.05) is 19.6 Å². The maximum Gasteiger partial charge on any atom is 0.00793 e. The lowest BCUT2D eigenvalue weighted by Gasteiger charge is -2.22. The summed E-state index contributed by atoms with van der Waals surface area (Å²) in [4.78, 5) is 0. The molecule has 144 valence electrons. The van der Waals surface area contributed by atoms with Gasteiger partial charge in [0.15, 0.2) is 0 Å². The molecule has 0 aromatic rings. The second-order valence-electron chi connectivity index (χ2n) is 7.93. The molecule has 0 saturated heterocycles. The smallest absolute Gasteiger partial charge is 0.00793 e. The van der Waals surface area contributed by atoms with Crippen LogP contribution in [0.5, 0.6) is 0 Å². The van der Waals surface area contributed by atoms with E-state index in [0.29, 0.717) is 0 Å². The molecule has 0 bridgehead atoms. The van der Waals surface area contributed by atoms with Gasteiger partial charge in [-0.2, -0.15) is 0 Å². The molecule has 0 aromatic heterocycles. The zero-order chi connectivity index (χ0) is 17.1. The molecule has 24 heavy (non-hydrogen) atoms. The quantitative estimate of drug-likeness (QED) is 0.309. The van der Waals surface area contributed by atoms with E-state index in [1.165, 1.54) is 116 Å². The zero-order valence-corrected chi connectivity index (χ0v) is 16.7. The highest BCUT2D eigenvalue weighted by Gasteiger charge is 2.11. The standard InChI is InChI=1S/C22H46N2/c1-2-3-4-5-6-7-8-9-10-11-12-16-19-23-20-21-24-22-17-14-13-15-18-22/h22-24H,2-21H2,1H3. The van der Waals surface area contributed by atoms with Gasteiger partial charge in [0.25, 0.3) is 0 Å². The molecule has 1 aliphatic rings. The molecular formula is C22H46N2. The Morgan fingerprint density at radius 3 is 1.71 bits per heavy atom. The third-order valence-electron chi connectivity index (χ3n) is 5.55. The summed E-state index contributed by atoms with van der Waals surface area (Å²) >= 11 is 0. The number of rotatable bonds is 17. The first kappa shape index (κ1) is 22.0. The first-order chi connectivity index (χ1) is 11.9. The van der Waals surface area contributed by atoms with Crippen LogP contribution in [0.4, 0.5) is 0 Å². The largest absolute Gasteiger partial charge is 0.315 e. The summed E-state index contributed by atoms with van der Waals surface area (Å²) in [6, 6.07) is 0.812. The minimum Gasteiger partial charge on any atom is -0.315 e. The average Bonchev–Trinajstić information content (AvgIpc) is 2.62. The summed E-state index contributed by atoms with van der Waals surface area (Å²) in [7, 11) is 0. The summed E-state index contributed by atoms with van der Waals surface area (Å²) in [5.41, 5.74) is 0. The maximum absolute atomic E-state index is 3.71. The van der Waals surface area contributed by atoms with Crippen molar-refractivity contribution in [3.05, 3.63) is 0 Å². The Labute approximate surface area is 152 Å². The van der Waals surface area contributed by atoms with Crippen LogP contribution in [0.3, 0.4) is 0 Å². The average molecular weight is 339 g/mol. The molecule has 2 N–H and O–H groups in total. The van der Waals surface area contributed by atoms with Crippen LogP contribution in [0, 0.1) is 0 Å².